The van der Waals surface area contributed by atoms with Gasteiger partial charge in [0.2, 0.25) is 0 Å². The quantitative estimate of drug-likeness (QED) is 0.674. The van der Waals surface area contributed by atoms with E-state index in [9.17, 15) is 10.1 Å². The monoisotopic (exact) mass is 323 g/mol. The summed E-state index contributed by atoms with van der Waals surface area (Å²) in [5, 5.41) is 16.2. The Morgan fingerprint density at radius 1 is 1.48 bits per heavy atom. The molecule has 0 amide bonds. The third-order valence-corrected chi connectivity index (χ3v) is 6.01. The van der Waals surface area contributed by atoms with Crippen LogP contribution in [0.5, 0.6) is 0 Å². The number of nitro benzene ring substituents is 1. The molecule has 0 spiro atoms. The van der Waals surface area contributed by atoms with Gasteiger partial charge in [0.05, 0.1) is 20.1 Å². The molecule has 21 heavy (non-hydrogen) atoms. The number of rotatable bonds is 4. The van der Waals surface area contributed by atoms with Crippen molar-refractivity contribution in [2.24, 2.45) is 0 Å². The Balaban J connectivity index is 1.99. The fraction of sp³-hybridized carbons (Fsp3) is 0.500. The van der Waals surface area contributed by atoms with Gasteiger partial charge in [-0.25, -0.2) is 4.98 Å². The van der Waals surface area contributed by atoms with Crippen molar-refractivity contribution in [3.8, 4) is 0 Å². The molecule has 0 aliphatic heterocycles. The Kier molecular flexibility index (Phi) is 4.03. The number of aryl methyl sites for hydroxylation is 1. The molecular weight excluding hydrogens is 306 g/mol. The lowest BCUT2D eigenvalue weighted by molar-refractivity contribution is -0.383. The Bertz CT molecular complexity index is 686. The predicted octanol–water partition coefficient (Wildman–Crippen LogP) is 4.21. The number of thiazole rings is 1. The molecule has 1 aromatic carbocycles. The molecule has 0 saturated heterocycles. The maximum atomic E-state index is 11.3. The van der Waals surface area contributed by atoms with Crippen molar-refractivity contribution < 1.29 is 4.92 Å². The van der Waals surface area contributed by atoms with E-state index < -0.39 is 0 Å². The van der Waals surface area contributed by atoms with Gasteiger partial charge >= 0.3 is 0 Å². The smallest absolute Gasteiger partial charge is 0.293 e. The zero-order valence-corrected chi connectivity index (χ0v) is 13.6. The standard InChI is InChI=1S/C14H17N3O2S2/c1-8-15-11-6-10(12(17(18)19)7-14(11)21-8)16-9-4-3-5-13(9)20-2/h6-7,9,13,16H,3-5H2,1-2H3. The Morgan fingerprint density at radius 3 is 3.00 bits per heavy atom. The summed E-state index contributed by atoms with van der Waals surface area (Å²) in [4.78, 5) is 15.5. The van der Waals surface area contributed by atoms with Gasteiger partial charge in [-0.3, -0.25) is 10.1 Å². The van der Waals surface area contributed by atoms with Crippen LogP contribution >= 0.6 is 23.1 Å². The Morgan fingerprint density at radius 2 is 2.29 bits per heavy atom. The first kappa shape index (κ1) is 14.6. The molecule has 3 rings (SSSR count). The van der Waals surface area contributed by atoms with E-state index in [1.165, 1.54) is 24.2 Å². The topological polar surface area (TPSA) is 68.1 Å². The Hall–Kier alpha value is -1.34. The maximum Gasteiger partial charge on any atom is 0.293 e. The van der Waals surface area contributed by atoms with Gasteiger partial charge in [0.15, 0.2) is 0 Å². The van der Waals surface area contributed by atoms with Crippen LogP contribution in [0, 0.1) is 17.0 Å². The molecule has 112 valence electrons. The number of nitrogens with zero attached hydrogens (tertiary/aromatic N) is 2. The summed E-state index contributed by atoms with van der Waals surface area (Å²) in [5.74, 6) is 0. The van der Waals surface area contributed by atoms with E-state index in [0.29, 0.717) is 17.0 Å². The molecule has 1 aliphatic rings. The molecule has 0 bridgehead atoms. The van der Waals surface area contributed by atoms with E-state index >= 15 is 0 Å². The molecule has 1 heterocycles. The molecule has 2 aromatic rings. The second-order valence-electron chi connectivity index (χ2n) is 5.28. The molecule has 1 aromatic heterocycles. The van der Waals surface area contributed by atoms with E-state index in [-0.39, 0.29) is 10.6 Å². The van der Waals surface area contributed by atoms with Gasteiger partial charge in [-0.2, -0.15) is 11.8 Å². The largest absolute Gasteiger partial charge is 0.376 e. The van der Waals surface area contributed by atoms with E-state index in [2.05, 4.69) is 16.6 Å². The lowest BCUT2D eigenvalue weighted by atomic mass is 10.2. The summed E-state index contributed by atoms with van der Waals surface area (Å²) in [7, 11) is 0. The van der Waals surface area contributed by atoms with Gasteiger partial charge in [-0.05, 0) is 32.1 Å². The Labute approximate surface area is 131 Å². The van der Waals surface area contributed by atoms with E-state index in [1.54, 1.807) is 6.07 Å². The minimum Gasteiger partial charge on any atom is -0.376 e. The zero-order chi connectivity index (χ0) is 15.0. The van der Waals surface area contributed by atoms with Gasteiger partial charge in [-0.1, -0.05) is 6.42 Å². The summed E-state index contributed by atoms with van der Waals surface area (Å²) >= 11 is 3.33. The third kappa shape index (κ3) is 2.85. The molecular formula is C14H17N3O2S2. The van der Waals surface area contributed by atoms with Crippen LogP contribution in [0.25, 0.3) is 10.2 Å². The average molecular weight is 323 g/mol. The molecule has 0 radical (unpaired) electrons. The number of nitro groups is 1. The van der Waals surface area contributed by atoms with Gasteiger partial charge in [0.25, 0.3) is 5.69 Å². The SMILES string of the molecule is CSC1CCCC1Nc1cc2nc(C)sc2cc1[N+](=O)[O-]. The number of anilines is 1. The normalized spacial score (nSPS) is 21.8. The van der Waals surface area contributed by atoms with Crippen LogP contribution in [-0.4, -0.2) is 27.5 Å². The summed E-state index contributed by atoms with van der Waals surface area (Å²) in [6.45, 7) is 1.92. The van der Waals surface area contributed by atoms with Crippen molar-refractivity contribution in [2.45, 2.75) is 37.5 Å². The predicted molar refractivity (Wildman–Crippen MR) is 89.6 cm³/mol. The van der Waals surface area contributed by atoms with Gasteiger partial charge in [0.1, 0.15) is 5.69 Å². The molecule has 7 heteroatoms. The second kappa shape index (κ2) is 5.81. The number of thioether (sulfide) groups is 1. The minimum absolute atomic E-state index is 0.151. The first-order valence-electron chi connectivity index (χ1n) is 6.93. The highest BCUT2D eigenvalue weighted by molar-refractivity contribution is 7.99. The fourth-order valence-corrected chi connectivity index (χ4v) is 4.69. The lowest BCUT2D eigenvalue weighted by Gasteiger charge is -2.20. The van der Waals surface area contributed by atoms with Gasteiger partial charge < -0.3 is 5.32 Å². The van der Waals surface area contributed by atoms with Gasteiger partial charge in [-0.15, -0.1) is 11.3 Å². The van der Waals surface area contributed by atoms with Crippen LogP contribution in [0.15, 0.2) is 12.1 Å². The van der Waals surface area contributed by atoms with E-state index in [4.69, 9.17) is 0 Å². The van der Waals surface area contributed by atoms with Gasteiger partial charge in [0, 0.05) is 17.4 Å². The van der Waals surface area contributed by atoms with E-state index in [0.717, 1.165) is 21.6 Å². The lowest BCUT2D eigenvalue weighted by Crippen LogP contribution is -2.26. The van der Waals surface area contributed by atoms with Crippen molar-refractivity contribution in [1.82, 2.24) is 4.98 Å². The van der Waals surface area contributed by atoms with Crippen LogP contribution in [0.3, 0.4) is 0 Å². The molecule has 5 nitrogen and oxygen atoms in total. The molecule has 2 atom stereocenters. The van der Waals surface area contributed by atoms with Crippen molar-refractivity contribution in [1.29, 1.82) is 0 Å². The highest BCUT2D eigenvalue weighted by Crippen LogP contribution is 2.36. The van der Waals surface area contributed by atoms with Crippen LogP contribution in [0.4, 0.5) is 11.4 Å². The van der Waals surface area contributed by atoms with Crippen LogP contribution in [0.1, 0.15) is 24.3 Å². The average Bonchev–Trinajstić information content (AvgIpc) is 3.02. The van der Waals surface area contributed by atoms with Crippen LogP contribution in [0.2, 0.25) is 0 Å². The first-order chi connectivity index (χ1) is 10.1. The third-order valence-electron chi connectivity index (χ3n) is 3.91. The maximum absolute atomic E-state index is 11.3. The number of nitrogens with one attached hydrogen (secondary N) is 1. The molecule has 1 saturated carbocycles. The fourth-order valence-electron chi connectivity index (χ4n) is 2.92. The highest BCUT2D eigenvalue weighted by Gasteiger charge is 2.28. The number of hydrogen-bond donors (Lipinski definition) is 1. The van der Waals surface area contributed by atoms with Crippen molar-refractivity contribution in [3.63, 3.8) is 0 Å². The summed E-state index contributed by atoms with van der Waals surface area (Å²) in [6.07, 6.45) is 5.52. The number of benzene rings is 1. The molecule has 1 aliphatic carbocycles. The number of aromatic nitrogens is 1. The molecule has 1 fully saturated rings. The van der Waals surface area contributed by atoms with Crippen molar-refractivity contribution >= 4 is 44.7 Å². The zero-order valence-electron chi connectivity index (χ0n) is 12.0. The number of hydrogen-bond acceptors (Lipinski definition) is 6. The van der Waals surface area contributed by atoms with Crippen LogP contribution in [-0.2, 0) is 0 Å². The minimum atomic E-state index is -0.306. The van der Waals surface area contributed by atoms with E-state index in [1.807, 2.05) is 24.8 Å². The first-order valence-corrected chi connectivity index (χ1v) is 9.04. The molecule has 1 N–H and O–H groups in total. The van der Waals surface area contributed by atoms with Crippen LogP contribution < -0.4 is 5.32 Å². The highest BCUT2D eigenvalue weighted by atomic mass is 32.2. The molecule has 2 unspecified atom stereocenters. The summed E-state index contributed by atoms with van der Waals surface area (Å²) < 4.78 is 0.873. The van der Waals surface area contributed by atoms with Crippen molar-refractivity contribution in [2.75, 3.05) is 11.6 Å². The summed E-state index contributed by atoms with van der Waals surface area (Å²) in [5.41, 5.74) is 1.59. The summed E-state index contributed by atoms with van der Waals surface area (Å²) in [6, 6.07) is 3.77. The number of fused-ring (bicyclic) bond motifs is 1. The second-order valence-corrected chi connectivity index (χ2v) is 7.59. The van der Waals surface area contributed by atoms with Crippen molar-refractivity contribution in [3.05, 3.63) is 27.3 Å².